The molecule has 2 rings (SSSR count). The van der Waals surface area contributed by atoms with E-state index >= 15 is 0 Å². The number of nitrogens with one attached hydrogen (secondary N) is 1. The van der Waals surface area contributed by atoms with E-state index < -0.39 is 0 Å². The van der Waals surface area contributed by atoms with Crippen molar-refractivity contribution < 1.29 is 0 Å². The maximum atomic E-state index is 6.09. The molecule has 0 aliphatic rings. The Balaban J connectivity index is 2.00. The van der Waals surface area contributed by atoms with Crippen LogP contribution in [0.5, 0.6) is 0 Å². The first-order chi connectivity index (χ1) is 8.58. The Labute approximate surface area is 124 Å². The van der Waals surface area contributed by atoms with E-state index in [-0.39, 0.29) is 0 Å². The molecule has 2 nitrogen and oxygen atoms in total. The first kappa shape index (κ1) is 13.7. The Bertz CT molecular complexity index is 554. The van der Waals surface area contributed by atoms with E-state index in [4.69, 9.17) is 17.3 Å². The molecule has 0 radical (unpaired) electrons. The van der Waals surface area contributed by atoms with Crippen molar-refractivity contribution in [3.63, 3.8) is 0 Å². The van der Waals surface area contributed by atoms with E-state index in [0.29, 0.717) is 0 Å². The molecule has 2 aromatic rings. The molecule has 0 bridgehead atoms. The summed E-state index contributed by atoms with van der Waals surface area (Å²) in [5, 5.41) is 4.10. The molecular formula is C13H14BrClN2S. The molecule has 1 heterocycles. The van der Waals surface area contributed by atoms with E-state index in [0.717, 1.165) is 38.7 Å². The summed E-state index contributed by atoms with van der Waals surface area (Å²) in [7, 11) is 0. The van der Waals surface area contributed by atoms with Gasteiger partial charge in [0.15, 0.2) is 0 Å². The number of nitrogen functional groups attached to an aromatic ring is 1. The molecule has 0 fully saturated rings. The molecule has 0 amide bonds. The predicted molar refractivity (Wildman–Crippen MR) is 84.8 cm³/mol. The van der Waals surface area contributed by atoms with Gasteiger partial charge in [-0.1, -0.05) is 11.6 Å². The lowest BCUT2D eigenvalue weighted by Crippen LogP contribution is -2.07. The van der Waals surface area contributed by atoms with Crippen LogP contribution in [0.1, 0.15) is 10.4 Å². The molecule has 3 N–H and O–H groups in total. The van der Waals surface area contributed by atoms with Crippen molar-refractivity contribution in [3.8, 4) is 0 Å². The number of hydrogen-bond donors (Lipinski definition) is 2. The largest absolute Gasteiger partial charge is 0.397 e. The Morgan fingerprint density at radius 3 is 2.78 bits per heavy atom. The number of benzene rings is 1. The molecule has 0 aliphatic heterocycles. The third kappa shape index (κ3) is 3.19. The highest BCUT2D eigenvalue weighted by Gasteiger charge is 2.06. The van der Waals surface area contributed by atoms with Crippen LogP contribution in [-0.4, -0.2) is 6.54 Å². The first-order valence-corrected chi connectivity index (χ1v) is 7.59. The van der Waals surface area contributed by atoms with Gasteiger partial charge in [-0.3, -0.25) is 0 Å². The second-order valence-electron chi connectivity index (χ2n) is 4.02. The lowest BCUT2D eigenvalue weighted by molar-refractivity contribution is 1.04. The number of hydrogen-bond acceptors (Lipinski definition) is 3. The van der Waals surface area contributed by atoms with Gasteiger partial charge in [-0.15, -0.1) is 11.3 Å². The van der Waals surface area contributed by atoms with Crippen LogP contribution in [0.3, 0.4) is 0 Å². The highest BCUT2D eigenvalue weighted by Crippen LogP contribution is 2.29. The molecule has 0 atom stereocenters. The lowest BCUT2D eigenvalue weighted by atomic mass is 10.1. The Hall–Kier alpha value is -0.710. The summed E-state index contributed by atoms with van der Waals surface area (Å²) in [5.41, 5.74) is 8.63. The van der Waals surface area contributed by atoms with Gasteiger partial charge < -0.3 is 11.1 Å². The van der Waals surface area contributed by atoms with Crippen molar-refractivity contribution >= 4 is 50.2 Å². The van der Waals surface area contributed by atoms with E-state index in [1.54, 1.807) is 11.3 Å². The molecular weight excluding hydrogens is 332 g/mol. The summed E-state index contributed by atoms with van der Waals surface area (Å²) >= 11 is 11.3. The minimum atomic E-state index is 0.740. The van der Waals surface area contributed by atoms with Gasteiger partial charge in [0.05, 0.1) is 15.2 Å². The number of anilines is 2. The molecule has 0 aliphatic carbocycles. The average molecular weight is 346 g/mol. The third-order valence-electron chi connectivity index (χ3n) is 2.73. The minimum Gasteiger partial charge on any atom is -0.397 e. The smallest absolute Gasteiger partial charge is 0.0701 e. The van der Waals surface area contributed by atoms with Crippen molar-refractivity contribution in [3.05, 3.63) is 43.5 Å². The van der Waals surface area contributed by atoms with Gasteiger partial charge in [-0.2, -0.15) is 0 Å². The SMILES string of the molecule is Cc1c(Cl)ccc(N)c1NCCc1ccc(Br)s1. The predicted octanol–water partition coefficient (Wildman–Crippen LogP) is 4.71. The van der Waals surface area contributed by atoms with E-state index in [1.807, 2.05) is 19.1 Å². The fourth-order valence-corrected chi connectivity index (χ4v) is 3.38. The van der Waals surface area contributed by atoms with Crippen LogP contribution in [0.4, 0.5) is 11.4 Å². The highest BCUT2D eigenvalue weighted by atomic mass is 79.9. The van der Waals surface area contributed by atoms with Crippen LogP contribution >= 0.6 is 38.9 Å². The van der Waals surface area contributed by atoms with Crippen molar-refractivity contribution in [2.24, 2.45) is 0 Å². The number of rotatable bonds is 4. The van der Waals surface area contributed by atoms with Gasteiger partial charge in [0, 0.05) is 16.4 Å². The Morgan fingerprint density at radius 2 is 2.11 bits per heavy atom. The monoisotopic (exact) mass is 344 g/mol. The molecule has 0 saturated heterocycles. The summed E-state index contributed by atoms with van der Waals surface area (Å²) in [6.07, 6.45) is 0.974. The topological polar surface area (TPSA) is 38.0 Å². The zero-order valence-corrected chi connectivity index (χ0v) is 13.1. The first-order valence-electron chi connectivity index (χ1n) is 5.60. The van der Waals surface area contributed by atoms with Crippen molar-refractivity contribution in [1.29, 1.82) is 0 Å². The molecule has 1 aromatic heterocycles. The number of thiophene rings is 1. The number of nitrogens with two attached hydrogens (primary N) is 1. The molecule has 5 heteroatoms. The van der Waals surface area contributed by atoms with Crippen molar-refractivity contribution in [2.75, 3.05) is 17.6 Å². The second-order valence-corrected chi connectivity index (χ2v) is 6.97. The van der Waals surface area contributed by atoms with Gasteiger partial charge in [0.1, 0.15) is 0 Å². The maximum Gasteiger partial charge on any atom is 0.0701 e. The van der Waals surface area contributed by atoms with Crippen LogP contribution in [0.25, 0.3) is 0 Å². The van der Waals surface area contributed by atoms with Crippen LogP contribution in [-0.2, 0) is 6.42 Å². The van der Waals surface area contributed by atoms with Crippen molar-refractivity contribution in [2.45, 2.75) is 13.3 Å². The zero-order valence-electron chi connectivity index (χ0n) is 9.97. The summed E-state index contributed by atoms with van der Waals surface area (Å²) in [6.45, 7) is 2.82. The summed E-state index contributed by atoms with van der Waals surface area (Å²) in [6, 6.07) is 7.86. The van der Waals surface area contributed by atoms with Gasteiger partial charge in [-0.05, 0) is 59.1 Å². The van der Waals surface area contributed by atoms with E-state index in [2.05, 4.69) is 33.4 Å². The normalized spacial score (nSPS) is 10.6. The summed E-state index contributed by atoms with van der Waals surface area (Å²) in [5.74, 6) is 0. The maximum absolute atomic E-state index is 6.09. The standard InChI is InChI=1S/C13H14BrClN2S/c1-8-10(15)3-4-11(16)13(8)17-7-6-9-2-5-12(14)18-9/h2-5,17H,6-7,16H2,1H3. The minimum absolute atomic E-state index is 0.740. The Morgan fingerprint density at radius 1 is 1.33 bits per heavy atom. The van der Waals surface area contributed by atoms with Gasteiger partial charge >= 0.3 is 0 Å². The van der Waals surface area contributed by atoms with Crippen LogP contribution in [0, 0.1) is 6.92 Å². The highest BCUT2D eigenvalue weighted by molar-refractivity contribution is 9.11. The van der Waals surface area contributed by atoms with E-state index in [9.17, 15) is 0 Å². The van der Waals surface area contributed by atoms with Gasteiger partial charge in [0.25, 0.3) is 0 Å². The zero-order chi connectivity index (χ0) is 13.1. The van der Waals surface area contributed by atoms with Crippen LogP contribution in [0.2, 0.25) is 5.02 Å². The lowest BCUT2D eigenvalue weighted by Gasteiger charge is -2.13. The fourth-order valence-electron chi connectivity index (χ4n) is 1.74. The van der Waals surface area contributed by atoms with E-state index in [1.165, 1.54) is 4.88 Å². The molecule has 0 saturated carbocycles. The van der Waals surface area contributed by atoms with Gasteiger partial charge in [0.2, 0.25) is 0 Å². The van der Waals surface area contributed by atoms with Crippen LogP contribution in [0.15, 0.2) is 28.1 Å². The van der Waals surface area contributed by atoms with Crippen molar-refractivity contribution in [1.82, 2.24) is 0 Å². The molecule has 96 valence electrons. The molecule has 1 aromatic carbocycles. The third-order valence-corrected chi connectivity index (χ3v) is 4.83. The van der Waals surface area contributed by atoms with Crippen LogP contribution < -0.4 is 11.1 Å². The molecule has 0 unspecified atom stereocenters. The molecule has 0 spiro atoms. The Kier molecular flexibility index (Phi) is 4.54. The molecule has 18 heavy (non-hydrogen) atoms. The second kappa shape index (κ2) is 5.95. The fraction of sp³-hybridized carbons (Fsp3) is 0.231. The summed E-state index contributed by atoms with van der Waals surface area (Å²) < 4.78 is 1.16. The average Bonchev–Trinajstić information content (AvgIpc) is 2.74. The number of halogens is 2. The summed E-state index contributed by atoms with van der Waals surface area (Å²) in [4.78, 5) is 1.34. The quantitative estimate of drug-likeness (QED) is 0.788. The van der Waals surface area contributed by atoms with Gasteiger partial charge in [-0.25, -0.2) is 0 Å².